The van der Waals surface area contributed by atoms with E-state index in [-0.39, 0.29) is 0 Å². The molecular weight excluding hydrogens is 328 g/mol. The van der Waals surface area contributed by atoms with Crippen LogP contribution in [0.15, 0.2) is 24.8 Å². The summed E-state index contributed by atoms with van der Waals surface area (Å²) in [5.41, 5.74) is 0. The Labute approximate surface area is 169 Å². The molecule has 3 aliphatic rings. The summed E-state index contributed by atoms with van der Waals surface area (Å²) in [6.45, 7) is 7.29. The molecule has 3 fully saturated rings. The molecule has 3 rings (SSSR count). The molecule has 1 heteroatoms. The molecule has 154 valence electrons. The molecule has 1 saturated heterocycles. The average molecular weight is 373 g/mol. The maximum Gasteiger partial charge on any atom is 0.0756 e. The first-order valence-electron chi connectivity index (χ1n) is 12.2. The highest BCUT2D eigenvalue weighted by atomic mass is 16.5. The molecule has 0 aromatic carbocycles. The lowest BCUT2D eigenvalue weighted by molar-refractivity contribution is -0.0170. The van der Waals surface area contributed by atoms with Gasteiger partial charge < -0.3 is 4.74 Å². The Hall–Kier alpha value is -0.560. The molecule has 0 aromatic rings. The number of unbranched alkanes of at least 4 members (excludes halogenated alkanes) is 2. The Morgan fingerprint density at radius 3 is 2.11 bits per heavy atom. The summed E-state index contributed by atoms with van der Waals surface area (Å²) >= 11 is 0. The lowest BCUT2D eigenvalue weighted by atomic mass is 9.73. The fraction of sp³-hybridized carbons (Fsp3) is 0.846. The zero-order valence-electron chi connectivity index (χ0n) is 17.9. The normalized spacial score (nSPS) is 38.1. The third kappa shape index (κ3) is 6.77. The van der Waals surface area contributed by atoms with Crippen LogP contribution in [-0.4, -0.2) is 12.7 Å². The first-order chi connectivity index (χ1) is 13.3. The van der Waals surface area contributed by atoms with Crippen LogP contribution in [0.1, 0.15) is 96.8 Å². The number of ether oxygens (including phenoxy) is 1. The number of rotatable bonds is 8. The van der Waals surface area contributed by atoms with Crippen LogP contribution in [0.2, 0.25) is 0 Å². The van der Waals surface area contributed by atoms with E-state index >= 15 is 0 Å². The molecule has 1 heterocycles. The summed E-state index contributed by atoms with van der Waals surface area (Å²) in [7, 11) is 0. The van der Waals surface area contributed by atoms with Gasteiger partial charge >= 0.3 is 0 Å². The maximum absolute atomic E-state index is 6.28. The monoisotopic (exact) mass is 372 g/mol. The van der Waals surface area contributed by atoms with Crippen LogP contribution in [-0.2, 0) is 4.74 Å². The van der Waals surface area contributed by atoms with Gasteiger partial charge in [-0.15, -0.1) is 6.58 Å². The van der Waals surface area contributed by atoms with Gasteiger partial charge in [-0.05, 0) is 81.0 Å². The van der Waals surface area contributed by atoms with Crippen molar-refractivity contribution in [2.45, 2.75) is 103 Å². The average Bonchev–Trinajstić information content (AvgIpc) is 2.74. The predicted molar refractivity (Wildman–Crippen MR) is 117 cm³/mol. The molecule has 2 unspecified atom stereocenters. The van der Waals surface area contributed by atoms with Crippen molar-refractivity contribution in [2.24, 2.45) is 29.6 Å². The van der Waals surface area contributed by atoms with E-state index in [0.29, 0.717) is 6.10 Å². The first-order valence-corrected chi connectivity index (χ1v) is 12.2. The summed E-state index contributed by atoms with van der Waals surface area (Å²) in [4.78, 5) is 0. The van der Waals surface area contributed by atoms with E-state index in [1.807, 2.05) is 0 Å². The van der Waals surface area contributed by atoms with E-state index in [4.69, 9.17) is 4.74 Å². The zero-order valence-corrected chi connectivity index (χ0v) is 17.9. The largest absolute Gasteiger partial charge is 0.374 e. The highest BCUT2D eigenvalue weighted by molar-refractivity contribution is 4.98. The van der Waals surface area contributed by atoms with Gasteiger partial charge in [0.15, 0.2) is 0 Å². The molecule has 0 amide bonds. The maximum atomic E-state index is 6.28. The standard InChI is InChI=1S/C26H44O/c1-3-5-6-7-22-12-15-24(16-13-22)25-17-19-26(27-20-25)18-14-23-10-8-21(4-2)9-11-23/h4,14,18,21-26H,2-3,5-13,15-17,19-20H2,1H3/b18-14+. The Kier molecular flexibility index (Phi) is 8.97. The molecule has 0 radical (unpaired) electrons. The minimum absolute atomic E-state index is 0.392. The Morgan fingerprint density at radius 1 is 0.778 bits per heavy atom. The van der Waals surface area contributed by atoms with Crippen molar-refractivity contribution >= 4 is 0 Å². The first kappa shape index (κ1) is 21.2. The number of hydrogen-bond acceptors (Lipinski definition) is 1. The summed E-state index contributed by atoms with van der Waals surface area (Å²) in [6.07, 6.45) is 27.1. The molecule has 0 aromatic heterocycles. The van der Waals surface area contributed by atoms with Crippen LogP contribution >= 0.6 is 0 Å². The molecule has 2 saturated carbocycles. The van der Waals surface area contributed by atoms with Crippen molar-refractivity contribution in [3.63, 3.8) is 0 Å². The van der Waals surface area contributed by atoms with Crippen LogP contribution in [0.5, 0.6) is 0 Å². The van der Waals surface area contributed by atoms with E-state index in [0.717, 1.165) is 36.2 Å². The summed E-state index contributed by atoms with van der Waals surface area (Å²) in [5, 5.41) is 0. The Balaban J connectivity index is 1.31. The summed E-state index contributed by atoms with van der Waals surface area (Å²) in [6, 6.07) is 0. The van der Waals surface area contributed by atoms with Crippen molar-refractivity contribution in [2.75, 3.05) is 6.61 Å². The Bertz CT molecular complexity index is 429. The van der Waals surface area contributed by atoms with Crippen LogP contribution in [0.25, 0.3) is 0 Å². The van der Waals surface area contributed by atoms with E-state index in [2.05, 4.69) is 31.7 Å². The van der Waals surface area contributed by atoms with Gasteiger partial charge in [-0.1, -0.05) is 63.7 Å². The molecule has 1 aliphatic heterocycles. The second kappa shape index (κ2) is 11.4. The molecule has 1 nitrogen and oxygen atoms in total. The molecule has 0 spiro atoms. The highest BCUT2D eigenvalue weighted by Crippen LogP contribution is 2.39. The molecule has 0 N–H and O–H groups in total. The van der Waals surface area contributed by atoms with Gasteiger partial charge in [-0.25, -0.2) is 0 Å². The van der Waals surface area contributed by atoms with Gasteiger partial charge in [0, 0.05) is 0 Å². The molecule has 0 bridgehead atoms. The topological polar surface area (TPSA) is 9.23 Å². The number of hydrogen-bond donors (Lipinski definition) is 0. The molecule has 2 atom stereocenters. The van der Waals surface area contributed by atoms with E-state index in [1.165, 1.54) is 89.9 Å². The molecule has 27 heavy (non-hydrogen) atoms. The summed E-state index contributed by atoms with van der Waals surface area (Å²) < 4.78 is 6.28. The molecular formula is C26H44O. The third-order valence-electron chi connectivity index (χ3n) is 7.87. The van der Waals surface area contributed by atoms with Crippen LogP contribution < -0.4 is 0 Å². The lowest BCUT2D eigenvalue weighted by Crippen LogP contribution is -2.31. The van der Waals surface area contributed by atoms with Crippen molar-refractivity contribution in [1.82, 2.24) is 0 Å². The lowest BCUT2D eigenvalue weighted by Gasteiger charge is -2.37. The predicted octanol–water partition coefficient (Wildman–Crippen LogP) is 7.72. The second-order valence-corrected chi connectivity index (χ2v) is 9.78. The van der Waals surface area contributed by atoms with Gasteiger partial charge in [-0.3, -0.25) is 0 Å². The van der Waals surface area contributed by atoms with Gasteiger partial charge in [0.05, 0.1) is 12.7 Å². The van der Waals surface area contributed by atoms with Crippen LogP contribution in [0, 0.1) is 29.6 Å². The van der Waals surface area contributed by atoms with Crippen molar-refractivity contribution in [3.8, 4) is 0 Å². The van der Waals surface area contributed by atoms with Gasteiger partial charge in [0.25, 0.3) is 0 Å². The third-order valence-corrected chi connectivity index (χ3v) is 7.87. The highest BCUT2D eigenvalue weighted by Gasteiger charge is 2.30. The molecule has 2 aliphatic carbocycles. The van der Waals surface area contributed by atoms with Crippen molar-refractivity contribution in [3.05, 3.63) is 24.8 Å². The van der Waals surface area contributed by atoms with E-state index in [1.54, 1.807) is 0 Å². The Morgan fingerprint density at radius 2 is 1.48 bits per heavy atom. The van der Waals surface area contributed by atoms with Crippen molar-refractivity contribution < 1.29 is 4.74 Å². The van der Waals surface area contributed by atoms with Gasteiger partial charge in [0.1, 0.15) is 0 Å². The summed E-state index contributed by atoms with van der Waals surface area (Å²) in [5.74, 6) is 4.37. The smallest absolute Gasteiger partial charge is 0.0756 e. The number of allylic oxidation sites excluding steroid dienone is 2. The van der Waals surface area contributed by atoms with Crippen molar-refractivity contribution in [1.29, 1.82) is 0 Å². The van der Waals surface area contributed by atoms with Crippen LogP contribution in [0.4, 0.5) is 0 Å². The second-order valence-electron chi connectivity index (χ2n) is 9.78. The van der Waals surface area contributed by atoms with Crippen LogP contribution in [0.3, 0.4) is 0 Å². The quantitative estimate of drug-likeness (QED) is 0.313. The van der Waals surface area contributed by atoms with Gasteiger partial charge in [-0.2, -0.15) is 0 Å². The zero-order chi connectivity index (χ0) is 18.9. The minimum Gasteiger partial charge on any atom is -0.374 e. The minimum atomic E-state index is 0.392. The SMILES string of the molecule is C=CC1CCC(/C=C/C2CCC(C3CCC(CCCCC)CC3)CO2)CC1. The van der Waals surface area contributed by atoms with E-state index < -0.39 is 0 Å². The fourth-order valence-electron chi connectivity index (χ4n) is 5.80. The van der Waals surface area contributed by atoms with Gasteiger partial charge in [0.2, 0.25) is 0 Å². The fourth-order valence-corrected chi connectivity index (χ4v) is 5.80. The van der Waals surface area contributed by atoms with E-state index in [9.17, 15) is 0 Å².